The number of aliphatic hydroxyl groups excluding tert-OH is 1. The largest absolute Gasteiger partial charge is 0.394 e. The van der Waals surface area contributed by atoms with E-state index in [9.17, 15) is 19.7 Å². The van der Waals surface area contributed by atoms with Crippen molar-refractivity contribution >= 4 is 28.7 Å². The molecule has 2 heterocycles. The first-order valence-corrected chi connectivity index (χ1v) is 12.3. The highest BCUT2D eigenvalue weighted by Gasteiger charge is 2.45. The molecule has 10 nitrogen and oxygen atoms in total. The van der Waals surface area contributed by atoms with Gasteiger partial charge in [0.1, 0.15) is 18.0 Å². The monoisotopic (exact) mass is 526 g/mol. The zero-order valence-corrected chi connectivity index (χ0v) is 20.3. The summed E-state index contributed by atoms with van der Waals surface area (Å²) in [6.45, 7) is -1.10. The van der Waals surface area contributed by atoms with Crippen molar-refractivity contribution in [1.29, 1.82) is 0 Å². The number of halogens is 1. The molecule has 2 saturated carbocycles. The molecule has 1 aromatic carbocycles. The molecule has 6 atom stereocenters. The zero-order chi connectivity index (χ0) is 32.7. The Morgan fingerprint density at radius 2 is 2.19 bits per heavy atom. The number of ether oxygens (including phenoxy) is 1. The molecule has 0 radical (unpaired) electrons. The van der Waals surface area contributed by atoms with E-state index in [1.807, 2.05) is 13.0 Å². The van der Waals surface area contributed by atoms with Gasteiger partial charge in [-0.05, 0) is 37.0 Å². The van der Waals surface area contributed by atoms with Crippen LogP contribution in [0.25, 0.3) is 11.2 Å². The third kappa shape index (κ3) is 4.92. The number of hydrogen-bond donors (Lipinski definition) is 4. The first kappa shape index (κ1) is 17.2. The fourth-order valence-corrected chi connectivity index (χ4v) is 4.51. The van der Waals surface area contributed by atoms with Crippen LogP contribution in [-0.4, -0.2) is 83.5 Å². The van der Waals surface area contributed by atoms with Gasteiger partial charge in [-0.2, -0.15) is 0 Å². The summed E-state index contributed by atoms with van der Waals surface area (Å²) >= 11 is 1.19. The molecule has 2 aliphatic carbocycles. The highest BCUT2D eigenvalue weighted by molar-refractivity contribution is 7.99. The Morgan fingerprint density at radius 1 is 1.36 bits per heavy atom. The minimum absolute atomic E-state index is 0.0809. The van der Waals surface area contributed by atoms with E-state index >= 15 is 0 Å². The quantitative estimate of drug-likeness (QED) is 0.230. The first-order valence-electron chi connectivity index (χ1n) is 15.3. The number of nitrogens with zero attached hydrogens (tertiary/aromatic N) is 5. The van der Waals surface area contributed by atoms with Crippen LogP contribution in [0.1, 0.15) is 60.2 Å². The summed E-state index contributed by atoms with van der Waals surface area (Å²) < 4.78 is 86.5. The summed E-state index contributed by atoms with van der Waals surface area (Å²) in [6, 6.07) is 1.12. The summed E-state index contributed by atoms with van der Waals surface area (Å²) in [7, 11) is 0. The normalized spacial score (nSPS) is 40.8. The van der Waals surface area contributed by atoms with Gasteiger partial charge in [0, 0.05) is 26.8 Å². The van der Waals surface area contributed by atoms with Gasteiger partial charge in [-0.1, -0.05) is 36.0 Å². The van der Waals surface area contributed by atoms with E-state index < -0.39 is 49.4 Å². The van der Waals surface area contributed by atoms with Gasteiger partial charge in [-0.25, -0.2) is 19.0 Å². The Bertz CT molecular complexity index is 1600. The van der Waals surface area contributed by atoms with E-state index in [-0.39, 0.29) is 34.3 Å². The number of benzene rings is 1. The summed E-state index contributed by atoms with van der Waals surface area (Å²) in [5.74, 6) is 0.219. The second-order valence-corrected chi connectivity index (χ2v) is 9.44. The van der Waals surface area contributed by atoms with Crippen molar-refractivity contribution in [3.8, 4) is 0 Å². The first-order chi connectivity index (χ1) is 20.3. The van der Waals surface area contributed by atoms with Crippen LogP contribution in [0.5, 0.6) is 0 Å². The lowest BCUT2D eigenvalue weighted by molar-refractivity contribution is -0.0629. The van der Waals surface area contributed by atoms with Gasteiger partial charge in [0.25, 0.3) is 0 Å². The number of thioether (sulfide) groups is 1. The van der Waals surface area contributed by atoms with Crippen molar-refractivity contribution in [2.75, 3.05) is 24.2 Å². The molecule has 0 bridgehead atoms. The highest BCUT2D eigenvalue weighted by atomic mass is 32.2. The highest BCUT2D eigenvalue weighted by Crippen LogP contribution is 2.44. The van der Waals surface area contributed by atoms with Crippen molar-refractivity contribution < 1.29 is 35.4 Å². The van der Waals surface area contributed by atoms with E-state index in [4.69, 9.17) is 15.7 Å². The lowest BCUT2D eigenvalue weighted by Gasteiger charge is -2.17. The molecule has 0 saturated heterocycles. The van der Waals surface area contributed by atoms with Crippen molar-refractivity contribution in [1.82, 2.24) is 25.0 Å². The van der Waals surface area contributed by atoms with Gasteiger partial charge < -0.3 is 25.4 Å². The average molecular weight is 527 g/mol. The molecule has 0 amide bonds. The van der Waals surface area contributed by atoms with Crippen LogP contribution in [0.4, 0.5) is 10.2 Å². The Labute approximate surface area is 223 Å². The van der Waals surface area contributed by atoms with E-state index in [0.717, 1.165) is 5.56 Å². The van der Waals surface area contributed by atoms with Crippen molar-refractivity contribution in [2.45, 2.75) is 74.4 Å². The van der Waals surface area contributed by atoms with E-state index in [0.29, 0.717) is 28.8 Å². The van der Waals surface area contributed by atoms with Gasteiger partial charge in [-0.15, -0.1) is 5.10 Å². The Hall–Kier alpha value is -2.38. The smallest absolute Gasteiger partial charge is 0.191 e. The molecule has 36 heavy (non-hydrogen) atoms. The maximum absolute atomic E-state index is 14.2. The second kappa shape index (κ2) is 10.5. The third-order valence-electron chi connectivity index (χ3n) is 5.80. The predicted molar refractivity (Wildman–Crippen MR) is 133 cm³/mol. The van der Waals surface area contributed by atoms with Gasteiger partial charge in [-0.3, -0.25) is 0 Å². The lowest BCUT2D eigenvalue weighted by Crippen LogP contribution is -2.33. The third-order valence-corrected chi connectivity index (χ3v) is 6.85. The Balaban J connectivity index is 1.62. The van der Waals surface area contributed by atoms with E-state index in [2.05, 4.69) is 25.6 Å². The molecule has 12 heteroatoms. The van der Waals surface area contributed by atoms with Crippen molar-refractivity contribution in [3.05, 3.63) is 35.1 Å². The summed E-state index contributed by atoms with van der Waals surface area (Å²) in [4.78, 5) is 8.82. The second-order valence-electron chi connectivity index (χ2n) is 8.38. The van der Waals surface area contributed by atoms with Crippen LogP contribution in [0, 0.1) is 12.7 Å². The van der Waals surface area contributed by atoms with Crippen LogP contribution >= 0.6 is 11.8 Å². The van der Waals surface area contributed by atoms with Crippen molar-refractivity contribution in [2.24, 2.45) is 0 Å². The number of rotatable bonds is 10. The van der Waals surface area contributed by atoms with Gasteiger partial charge >= 0.3 is 0 Å². The fourth-order valence-electron chi connectivity index (χ4n) is 3.82. The molecular formula is C24H31FN6O4S. The number of anilines is 1. The van der Waals surface area contributed by atoms with Gasteiger partial charge in [0.2, 0.25) is 0 Å². The minimum Gasteiger partial charge on any atom is -0.394 e. The van der Waals surface area contributed by atoms with Crippen LogP contribution in [0.3, 0.4) is 0 Å². The molecule has 5 rings (SSSR count). The van der Waals surface area contributed by atoms with Crippen molar-refractivity contribution in [3.63, 3.8) is 0 Å². The minimum atomic E-state index is -4.02. The number of hydrogen-bond acceptors (Lipinski definition) is 10. The van der Waals surface area contributed by atoms with Crippen LogP contribution in [0.2, 0.25) is 0 Å². The van der Waals surface area contributed by atoms with Crippen LogP contribution in [0.15, 0.2) is 23.4 Å². The van der Waals surface area contributed by atoms with Crippen LogP contribution < -0.4 is 5.32 Å². The summed E-state index contributed by atoms with van der Waals surface area (Å²) in [6.07, 6.45) is -14.3. The van der Waals surface area contributed by atoms with E-state index in [1.165, 1.54) is 17.8 Å². The number of aliphatic hydroxyl groups is 3. The molecule has 2 aromatic heterocycles. The fraction of sp³-hybridized carbons (Fsp3) is 0.583. The topological polar surface area (TPSA) is 138 Å². The number of aryl methyl sites for hydroxylation is 1. The number of aromatic nitrogens is 5. The van der Waals surface area contributed by atoms with E-state index in [1.54, 1.807) is 13.0 Å². The summed E-state index contributed by atoms with van der Waals surface area (Å²) in [5.41, 5.74) is 0.736. The molecule has 3 aromatic rings. The standard InChI is InChI=1S/C24H31FN6O4S/c1-3-8-36-24-27-22(26-16-10-14(16)13-5-4-12(2)15(25)9-13)19-23(28-24)31(30-29-19)17-11-18(35-7-6-32)21(34)20(17)33/h4-5,9,14,16-18,20-21,32-34H,3,6-8,10-11H2,1-2H3,(H,26,27,28)/t14-,16+,17+,18-,20-,21+/m0/s1/i7D2,11D2,17D,18D,20D,21D. The molecule has 4 N–H and O–H groups in total. The average Bonchev–Trinajstić information content (AvgIpc) is 3.57. The van der Waals surface area contributed by atoms with Gasteiger partial charge in [0.05, 0.1) is 33.5 Å². The molecule has 194 valence electrons. The Kier molecular flexibility index (Phi) is 5.03. The summed E-state index contributed by atoms with van der Waals surface area (Å²) in [5, 5.41) is 42.5. The number of fused-ring (bicyclic) bond motifs is 1. The Morgan fingerprint density at radius 3 is 2.94 bits per heavy atom. The SMILES string of the molecule is [2H]C([2H])(CO)O[C@@]1([2H])C([2H])([2H])[C@@]([2H])(n2nnc3c(N[C@@H]4C[C@H]4c4ccc(C)c(F)c4)nc(SCCC)nc32)[C@]([2H])(O)[C@]1([2H])O. The molecule has 2 aliphatic rings. The molecule has 0 aliphatic heterocycles. The zero-order valence-electron chi connectivity index (χ0n) is 27.5. The predicted octanol–water partition coefficient (Wildman–Crippen LogP) is 2.18. The van der Waals surface area contributed by atoms with Gasteiger partial charge in [0.15, 0.2) is 22.1 Å². The lowest BCUT2D eigenvalue weighted by atomic mass is 10.1. The maximum atomic E-state index is 14.2. The van der Waals surface area contributed by atoms with Crippen LogP contribution in [-0.2, 0) is 4.74 Å². The molecule has 0 spiro atoms. The molecule has 0 unspecified atom stereocenters. The number of nitrogens with one attached hydrogen (secondary N) is 1. The maximum Gasteiger partial charge on any atom is 0.191 e. The molecular weight excluding hydrogens is 487 g/mol. The molecule has 2 fully saturated rings.